The first-order chi connectivity index (χ1) is 6.50. The monoisotopic (exact) mass is 214 g/mol. The van der Waals surface area contributed by atoms with Gasteiger partial charge in [0.15, 0.2) is 0 Å². The fourth-order valence-electron chi connectivity index (χ4n) is 1.03. The Kier molecular flexibility index (Phi) is 3.25. The number of carbonyl (C=O) groups is 1. The van der Waals surface area contributed by atoms with Crippen molar-refractivity contribution in [1.29, 1.82) is 0 Å². The summed E-state index contributed by atoms with van der Waals surface area (Å²) in [5.74, 6) is -1.53. The van der Waals surface area contributed by atoms with Gasteiger partial charge in [-0.2, -0.15) is 0 Å². The van der Waals surface area contributed by atoms with Crippen LogP contribution in [0.1, 0.15) is 11.1 Å². The van der Waals surface area contributed by atoms with Gasteiger partial charge in [0.25, 0.3) is 0 Å². The van der Waals surface area contributed by atoms with Crippen LogP contribution < -0.4 is 0 Å². The number of carboxylic acid groups (broad SMARTS) is 1. The second kappa shape index (κ2) is 4.24. The average Bonchev–Trinajstić information content (AvgIpc) is 2.08. The summed E-state index contributed by atoms with van der Waals surface area (Å²) in [6.45, 7) is 1.66. The molecule has 0 aromatic heterocycles. The predicted octanol–water partition coefficient (Wildman–Crippen LogP) is 2.89. The minimum absolute atomic E-state index is 0.365. The van der Waals surface area contributed by atoms with Crippen LogP contribution in [0.25, 0.3) is 6.08 Å². The minimum Gasteiger partial charge on any atom is -0.478 e. The molecule has 0 atom stereocenters. The van der Waals surface area contributed by atoms with Crippen molar-refractivity contribution in [2.24, 2.45) is 0 Å². The second-order valence-corrected chi connectivity index (χ2v) is 3.18. The van der Waals surface area contributed by atoms with Crippen LogP contribution in [-0.4, -0.2) is 11.1 Å². The van der Waals surface area contributed by atoms with Crippen molar-refractivity contribution in [1.82, 2.24) is 0 Å². The van der Waals surface area contributed by atoms with E-state index in [1.54, 1.807) is 6.92 Å². The van der Waals surface area contributed by atoms with E-state index in [0.717, 1.165) is 6.08 Å². The summed E-state index contributed by atoms with van der Waals surface area (Å²) in [4.78, 5) is 10.2. The molecule has 14 heavy (non-hydrogen) atoms. The summed E-state index contributed by atoms with van der Waals surface area (Å²) < 4.78 is 12.9. The zero-order valence-electron chi connectivity index (χ0n) is 7.42. The SMILES string of the molecule is Cc1cc(F)cc(/C=C/C(=O)O)c1Cl. The Bertz CT molecular complexity index is 399. The molecule has 0 saturated carbocycles. The molecule has 0 heterocycles. The quantitative estimate of drug-likeness (QED) is 0.769. The summed E-state index contributed by atoms with van der Waals surface area (Å²) in [6.07, 6.45) is 2.18. The molecule has 1 rings (SSSR count). The van der Waals surface area contributed by atoms with Crippen LogP contribution in [0.3, 0.4) is 0 Å². The number of benzene rings is 1. The average molecular weight is 215 g/mol. The van der Waals surface area contributed by atoms with Crippen LogP contribution in [0.5, 0.6) is 0 Å². The van der Waals surface area contributed by atoms with Gasteiger partial charge in [-0.1, -0.05) is 11.6 Å². The van der Waals surface area contributed by atoms with E-state index in [1.807, 2.05) is 0 Å². The normalized spacial score (nSPS) is 10.8. The van der Waals surface area contributed by atoms with Crippen molar-refractivity contribution in [2.75, 3.05) is 0 Å². The number of aryl methyl sites for hydroxylation is 1. The Labute approximate surface area is 85.6 Å². The standard InChI is InChI=1S/C10H8ClFO2/c1-6-4-8(12)5-7(10(6)11)2-3-9(13)14/h2-5H,1H3,(H,13,14)/b3-2+. The van der Waals surface area contributed by atoms with Crippen molar-refractivity contribution in [3.8, 4) is 0 Å². The predicted molar refractivity (Wildman–Crippen MR) is 52.8 cm³/mol. The van der Waals surface area contributed by atoms with Crippen LogP contribution in [-0.2, 0) is 4.79 Å². The first-order valence-corrected chi connectivity index (χ1v) is 4.25. The van der Waals surface area contributed by atoms with Crippen molar-refractivity contribution in [3.63, 3.8) is 0 Å². The summed E-state index contributed by atoms with van der Waals surface area (Å²) in [5, 5.41) is 8.75. The largest absolute Gasteiger partial charge is 0.478 e. The second-order valence-electron chi connectivity index (χ2n) is 2.80. The Morgan fingerprint density at radius 2 is 2.21 bits per heavy atom. The van der Waals surface area contributed by atoms with E-state index in [-0.39, 0.29) is 0 Å². The molecule has 74 valence electrons. The highest BCUT2D eigenvalue weighted by molar-refractivity contribution is 6.32. The fourth-order valence-corrected chi connectivity index (χ4v) is 1.21. The number of aliphatic carboxylic acids is 1. The van der Waals surface area contributed by atoms with Gasteiger partial charge < -0.3 is 5.11 Å². The van der Waals surface area contributed by atoms with Gasteiger partial charge in [-0.3, -0.25) is 0 Å². The number of carboxylic acids is 1. The van der Waals surface area contributed by atoms with E-state index in [4.69, 9.17) is 16.7 Å². The zero-order chi connectivity index (χ0) is 10.7. The van der Waals surface area contributed by atoms with Gasteiger partial charge in [-0.15, -0.1) is 0 Å². The molecule has 0 radical (unpaired) electrons. The van der Waals surface area contributed by atoms with Crippen molar-refractivity contribution >= 4 is 23.6 Å². The lowest BCUT2D eigenvalue weighted by molar-refractivity contribution is -0.131. The third-order valence-corrected chi connectivity index (χ3v) is 2.17. The maximum atomic E-state index is 12.9. The van der Waals surface area contributed by atoms with Gasteiger partial charge in [-0.25, -0.2) is 9.18 Å². The third kappa shape index (κ3) is 2.57. The molecule has 1 aromatic rings. The molecule has 0 aliphatic carbocycles. The molecule has 2 nitrogen and oxygen atoms in total. The molecule has 1 N–H and O–H groups in total. The first kappa shape index (κ1) is 10.7. The number of rotatable bonds is 2. The minimum atomic E-state index is -1.09. The molecular weight excluding hydrogens is 207 g/mol. The van der Waals surface area contributed by atoms with Gasteiger partial charge >= 0.3 is 5.97 Å². The van der Waals surface area contributed by atoms with Crippen molar-refractivity contribution in [2.45, 2.75) is 6.92 Å². The van der Waals surface area contributed by atoms with Crippen molar-refractivity contribution in [3.05, 3.63) is 40.2 Å². The highest BCUT2D eigenvalue weighted by atomic mass is 35.5. The summed E-state index contributed by atoms with van der Waals surface area (Å²) in [7, 11) is 0. The lowest BCUT2D eigenvalue weighted by Crippen LogP contribution is -1.88. The van der Waals surface area contributed by atoms with E-state index in [2.05, 4.69) is 0 Å². The van der Waals surface area contributed by atoms with Crippen LogP contribution in [0.4, 0.5) is 4.39 Å². The van der Waals surface area contributed by atoms with E-state index in [9.17, 15) is 9.18 Å². The molecule has 0 spiro atoms. The van der Waals surface area contributed by atoms with Crippen LogP contribution in [0.15, 0.2) is 18.2 Å². The topological polar surface area (TPSA) is 37.3 Å². The van der Waals surface area contributed by atoms with Gasteiger partial charge in [-0.05, 0) is 36.3 Å². The third-order valence-electron chi connectivity index (χ3n) is 1.65. The number of hydrogen-bond acceptors (Lipinski definition) is 1. The van der Waals surface area contributed by atoms with Crippen LogP contribution >= 0.6 is 11.6 Å². The van der Waals surface area contributed by atoms with Gasteiger partial charge in [0.05, 0.1) is 5.02 Å². The molecule has 1 aromatic carbocycles. The smallest absolute Gasteiger partial charge is 0.328 e. The molecule has 0 unspecified atom stereocenters. The Balaban J connectivity index is 3.14. The highest BCUT2D eigenvalue weighted by Crippen LogP contribution is 2.23. The van der Waals surface area contributed by atoms with Crippen molar-refractivity contribution < 1.29 is 14.3 Å². The van der Waals surface area contributed by atoms with Crippen LogP contribution in [0.2, 0.25) is 5.02 Å². The van der Waals surface area contributed by atoms with E-state index in [0.29, 0.717) is 16.1 Å². The molecule has 0 aliphatic heterocycles. The molecule has 0 saturated heterocycles. The summed E-state index contributed by atoms with van der Waals surface area (Å²) in [5.41, 5.74) is 0.947. The van der Waals surface area contributed by atoms with Gasteiger partial charge in [0, 0.05) is 6.08 Å². The van der Waals surface area contributed by atoms with E-state index < -0.39 is 11.8 Å². The van der Waals surface area contributed by atoms with Gasteiger partial charge in [0.2, 0.25) is 0 Å². The molecular formula is C10H8ClFO2. The maximum absolute atomic E-state index is 12.9. The number of halogens is 2. The Hall–Kier alpha value is -1.35. The molecule has 4 heteroatoms. The van der Waals surface area contributed by atoms with Gasteiger partial charge in [0.1, 0.15) is 5.82 Å². The molecule has 0 bridgehead atoms. The lowest BCUT2D eigenvalue weighted by Gasteiger charge is -2.02. The Morgan fingerprint density at radius 3 is 2.79 bits per heavy atom. The molecule has 0 fully saturated rings. The summed E-state index contributed by atoms with van der Waals surface area (Å²) in [6, 6.07) is 2.48. The molecule has 0 aliphatic rings. The summed E-state index contributed by atoms with van der Waals surface area (Å²) >= 11 is 5.84. The molecule has 0 amide bonds. The highest BCUT2D eigenvalue weighted by Gasteiger charge is 2.03. The fraction of sp³-hybridized carbons (Fsp3) is 0.100. The van der Waals surface area contributed by atoms with Crippen LogP contribution in [0, 0.1) is 12.7 Å². The Morgan fingerprint density at radius 1 is 1.57 bits per heavy atom. The number of hydrogen-bond donors (Lipinski definition) is 1. The maximum Gasteiger partial charge on any atom is 0.328 e. The van der Waals surface area contributed by atoms with E-state index in [1.165, 1.54) is 18.2 Å². The van der Waals surface area contributed by atoms with E-state index >= 15 is 0 Å². The first-order valence-electron chi connectivity index (χ1n) is 3.87. The zero-order valence-corrected chi connectivity index (χ0v) is 8.18. The lowest BCUT2D eigenvalue weighted by atomic mass is 10.1.